The van der Waals surface area contributed by atoms with Crippen LogP contribution in [0.15, 0.2) is 78.9 Å². The number of amides is 1. The van der Waals surface area contributed by atoms with E-state index in [0.717, 1.165) is 11.1 Å². The smallest absolute Gasteiger partial charge is 0.337 e. The maximum atomic E-state index is 12.3. The van der Waals surface area contributed by atoms with Crippen LogP contribution in [0.3, 0.4) is 0 Å². The summed E-state index contributed by atoms with van der Waals surface area (Å²) >= 11 is 6.10. The van der Waals surface area contributed by atoms with Gasteiger partial charge in [0.15, 0.2) is 0 Å². The van der Waals surface area contributed by atoms with Crippen LogP contribution in [-0.2, 0) is 16.1 Å². The summed E-state index contributed by atoms with van der Waals surface area (Å²) in [6.45, 7) is 0.462. The summed E-state index contributed by atoms with van der Waals surface area (Å²) in [5.74, 6) is -0.185. The summed E-state index contributed by atoms with van der Waals surface area (Å²) in [5.41, 5.74) is 2.51. The maximum Gasteiger partial charge on any atom is 0.337 e. The molecule has 0 spiro atoms. The minimum atomic E-state index is -0.509. The highest BCUT2D eigenvalue weighted by Crippen LogP contribution is 2.23. The number of hydrogen-bond acceptors (Lipinski definition) is 4. The second-order valence-corrected chi connectivity index (χ2v) is 6.76. The van der Waals surface area contributed by atoms with Gasteiger partial charge in [0, 0.05) is 6.08 Å². The average molecular weight is 422 g/mol. The topological polar surface area (TPSA) is 64.6 Å². The van der Waals surface area contributed by atoms with Crippen molar-refractivity contribution in [3.8, 4) is 5.75 Å². The summed E-state index contributed by atoms with van der Waals surface area (Å²) in [6, 6.07) is 21.8. The first-order valence-electron chi connectivity index (χ1n) is 9.19. The number of carbonyl (C=O) groups excluding carboxylic acids is 2. The third-order valence-corrected chi connectivity index (χ3v) is 4.51. The highest BCUT2D eigenvalue weighted by molar-refractivity contribution is 6.34. The molecule has 0 radical (unpaired) electrons. The second-order valence-electron chi connectivity index (χ2n) is 6.36. The molecule has 0 aliphatic heterocycles. The van der Waals surface area contributed by atoms with Crippen LogP contribution in [-0.4, -0.2) is 19.0 Å². The van der Waals surface area contributed by atoms with E-state index in [2.05, 4.69) is 10.1 Å². The lowest BCUT2D eigenvalue weighted by atomic mass is 10.2. The Hall–Kier alpha value is -3.57. The Balaban J connectivity index is 1.63. The highest BCUT2D eigenvalue weighted by atomic mass is 35.5. The van der Waals surface area contributed by atoms with Crippen LogP contribution in [0, 0.1) is 0 Å². The van der Waals surface area contributed by atoms with E-state index >= 15 is 0 Å². The first-order chi connectivity index (χ1) is 14.5. The van der Waals surface area contributed by atoms with Gasteiger partial charge in [0.1, 0.15) is 12.4 Å². The summed E-state index contributed by atoms with van der Waals surface area (Å²) in [7, 11) is 1.29. The molecule has 1 amide bonds. The van der Waals surface area contributed by atoms with E-state index in [9.17, 15) is 9.59 Å². The molecule has 0 fully saturated rings. The van der Waals surface area contributed by atoms with E-state index in [1.807, 2.05) is 54.6 Å². The number of hydrogen-bond donors (Lipinski definition) is 1. The molecule has 3 aromatic carbocycles. The number of halogens is 1. The van der Waals surface area contributed by atoms with Crippen molar-refractivity contribution in [3.63, 3.8) is 0 Å². The molecule has 5 nitrogen and oxygen atoms in total. The van der Waals surface area contributed by atoms with E-state index in [4.69, 9.17) is 16.3 Å². The number of benzene rings is 3. The molecular weight excluding hydrogens is 402 g/mol. The molecule has 0 saturated heterocycles. The first-order valence-corrected chi connectivity index (χ1v) is 9.56. The molecular formula is C24H20ClNO4. The SMILES string of the molecule is COC(=O)c1ccc(Cl)c(NC(=O)/C=C/c2cccc(OCc3ccccc3)c2)c1. The predicted octanol–water partition coefficient (Wildman–Crippen LogP) is 5.36. The lowest BCUT2D eigenvalue weighted by Gasteiger charge is -2.08. The quantitative estimate of drug-likeness (QED) is 0.412. The fraction of sp³-hybridized carbons (Fsp3) is 0.0833. The molecule has 1 N–H and O–H groups in total. The van der Waals surface area contributed by atoms with Crippen molar-refractivity contribution >= 4 is 35.2 Å². The van der Waals surface area contributed by atoms with Gasteiger partial charge in [-0.25, -0.2) is 4.79 Å². The summed E-state index contributed by atoms with van der Waals surface area (Å²) in [4.78, 5) is 23.9. The molecule has 152 valence electrons. The third-order valence-electron chi connectivity index (χ3n) is 4.18. The zero-order chi connectivity index (χ0) is 21.3. The summed E-state index contributed by atoms with van der Waals surface area (Å²) < 4.78 is 10.5. The molecule has 0 aliphatic carbocycles. The predicted molar refractivity (Wildman–Crippen MR) is 118 cm³/mol. The Kier molecular flexibility index (Phi) is 7.24. The fourth-order valence-electron chi connectivity index (χ4n) is 2.66. The Morgan fingerprint density at radius 1 is 1.00 bits per heavy atom. The molecule has 30 heavy (non-hydrogen) atoms. The number of nitrogens with one attached hydrogen (secondary N) is 1. The molecule has 0 saturated carbocycles. The Morgan fingerprint density at radius 2 is 1.80 bits per heavy atom. The van der Waals surface area contributed by atoms with Crippen LogP contribution in [0.4, 0.5) is 5.69 Å². The van der Waals surface area contributed by atoms with Gasteiger partial charge in [-0.3, -0.25) is 4.79 Å². The van der Waals surface area contributed by atoms with Crippen LogP contribution < -0.4 is 10.1 Å². The number of rotatable bonds is 7. The van der Waals surface area contributed by atoms with Crippen molar-refractivity contribution in [2.24, 2.45) is 0 Å². The molecule has 0 atom stereocenters. The molecule has 0 bridgehead atoms. The molecule has 6 heteroatoms. The number of anilines is 1. The van der Waals surface area contributed by atoms with Crippen molar-refractivity contribution in [1.29, 1.82) is 0 Å². The van der Waals surface area contributed by atoms with Gasteiger partial charge in [0.05, 0.1) is 23.4 Å². The number of carbonyl (C=O) groups is 2. The molecule has 0 aliphatic rings. The zero-order valence-electron chi connectivity index (χ0n) is 16.3. The number of ether oxygens (including phenoxy) is 2. The molecule has 3 rings (SSSR count). The van der Waals surface area contributed by atoms with Crippen LogP contribution in [0.25, 0.3) is 6.08 Å². The van der Waals surface area contributed by atoms with Crippen LogP contribution in [0.2, 0.25) is 5.02 Å². The van der Waals surface area contributed by atoms with Gasteiger partial charge in [0.25, 0.3) is 0 Å². The maximum absolute atomic E-state index is 12.3. The monoisotopic (exact) mass is 421 g/mol. The van der Waals surface area contributed by atoms with Gasteiger partial charge in [0.2, 0.25) is 5.91 Å². The number of methoxy groups -OCH3 is 1. The number of esters is 1. The van der Waals surface area contributed by atoms with Crippen LogP contribution in [0.5, 0.6) is 5.75 Å². The highest BCUT2D eigenvalue weighted by Gasteiger charge is 2.10. The van der Waals surface area contributed by atoms with Gasteiger partial charge >= 0.3 is 5.97 Å². The standard InChI is InChI=1S/C24H20ClNO4/c1-29-24(28)19-11-12-21(25)22(15-19)26-23(27)13-10-17-8-5-9-20(14-17)30-16-18-6-3-2-4-7-18/h2-15H,16H2,1H3,(H,26,27)/b13-10+. The van der Waals surface area contributed by atoms with Gasteiger partial charge in [-0.15, -0.1) is 0 Å². The van der Waals surface area contributed by atoms with Crippen molar-refractivity contribution in [3.05, 3.63) is 101 Å². The van der Waals surface area contributed by atoms with Gasteiger partial charge < -0.3 is 14.8 Å². The van der Waals surface area contributed by atoms with Crippen LogP contribution in [0.1, 0.15) is 21.5 Å². The van der Waals surface area contributed by atoms with Crippen LogP contribution >= 0.6 is 11.6 Å². The second kappa shape index (κ2) is 10.3. The first kappa shape index (κ1) is 21.1. The average Bonchev–Trinajstić information content (AvgIpc) is 2.78. The Morgan fingerprint density at radius 3 is 2.57 bits per heavy atom. The van der Waals surface area contributed by atoms with Crippen molar-refractivity contribution in [1.82, 2.24) is 0 Å². The van der Waals surface area contributed by atoms with Gasteiger partial charge in [-0.1, -0.05) is 54.1 Å². The van der Waals surface area contributed by atoms with Gasteiger partial charge in [-0.05, 0) is 47.5 Å². The molecule has 3 aromatic rings. The Bertz CT molecular complexity index is 1060. The zero-order valence-corrected chi connectivity index (χ0v) is 17.1. The molecule has 0 aromatic heterocycles. The largest absolute Gasteiger partial charge is 0.489 e. The lowest BCUT2D eigenvalue weighted by Crippen LogP contribution is -2.09. The normalized spacial score (nSPS) is 10.6. The van der Waals surface area contributed by atoms with E-state index in [1.54, 1.807) is 6.08 Å². The Labute approximate surface area is 179 Å². The minimum absolute atomic E-state index is 0.296. The third kappa shape index (κ3) is 5.96. The molecule has 0 heterocycles. The lowest BCUT2D eigenvalue weighted by molar-refractivity contribution is -0.111. The summed E-state index contributed by atoms with van der Waals surface area (Å²) in [6.07, 6.45) is 3.06. The fourth-order valence-corrected chi connectivity index (χ4v) is 2.83. The van der Waals surface area contributed by atoms with Crippen molar-refractivity contribution in [2.75, 3.05) is 12.4 Å². The van der Waals surface area contributed by atoms with Gasteiger partial charge in [-0.2, -0.15) is 0 Å². The summed E-state index contributed by atoms with van der Waals surface area (Å²) in [5, 5.41) is 2.98. The van der Waals surface area contributed by atoms with E-state index < -0.39 is 5.97 Å². The van der Waals surface area contributed by atoms with E-state index in [1.165, 1.54) is 31.4 Å². The van der Waals surface area contributed by atoms with E-state index in [0.29, 0.717) is 28.6 Å². The molecule has 0 unspecified atom stereocenters. The minimum Gasteiger partial charge on any atom is -0.489 e. The van der Waals surface area contributed by atoms with Crippen molar-refractivity contribution in [2.45, 2.75) is 6.61 Å². The van der Waals surface area contributed by atoms with E-state index in [-0.39, 0.29) is 5.91 Å². The van der Waals surface area contributed by atoms with Crippen molar-refractivity contribution < 1.29 is 19.1 Å².